The Bertz CT molecular complexity index is 1510. The van der Waals surface area contributed by atoms with Crippen LogP contribution in [0.2, 0.25) is 0 Å². The maximum Gasteiger partial charge on any atom is 0.297 e. The molecule has 1 aliphatic rings. The Balaban J connectivity index is 1.72. The number of ether oxygens (including phenoxy) is 2. The molecule has 36 heavy (non-hydrogen) atoms. The van der Waals surface area contributed by atoms with E-state index in [1.54, 1.807) is 43.8 Å². The second-order valence-corrected chi connectivity index (χ2v) is 8.85. The second-order valence-electron chi connectivity index (χ2n) is 8.85. The van der Waals surface area contributed by atoms with E-state index >= 15 is 0 Å². The lowest BCUT2D eigenvalue weighted by Gasteiger charge is -2.24. The SMILES string of the molecule is CCCCOc1ccc(C2c3c(oc4cc(C)c(C)cc4c3=O)C(=O)N2c2ncccn2)cc1OC. The van der Waals surface area contributed by atoms with Crippen molar-refractivity contribution in [3.63, 3.8) is 0 Å². The van der Waals surface area contributed by atoms with Crippen molar-refractivity contribution in [2.24, 2.45) is 0 Å². The average Bonchev–Trinajstić information content (AvgIpc) is 3.18. The molecule has 0 N–H and O–H groups in total. The molecule has 4 aromatic rings. The summed E-state index contributed by atoms with van der Waals surface area (Å²) in [7, 11) is 1.56. The zero-order valence-electron chi connectivity index (χ0n) is 20.7. The van der Waals surface area contributed by atoms with Crippen molar-refractivity contribution in [2.45, 2.75) is 39.7 Å². The fraction of sp³-hybridized carbons (Fsp3) is 0.286. The normalized spacial score (nSPS) is 14.8. The van der Waals surface area contributed by atoms with Gasteiger partial charge in [0, 0.05) is 12.4 Å². The summed E-state index contributed by atoms with van der Waals surface area (Å²) in [5, 5.41) is 0.428. The minimum atomic E-state index is -0.796. The lowest BCUT2D eigenvalue weighted by Crippen LogP contribution is -2.31. The van der Waals surface area contributed by atoms with Gasteiger partial charge in [-0.3, -0.25) is 14.5 Å². The van der Waals surface area contributed by atoms with Crippen molar-refractivity contribution >= 4 is 22.8 Å². The monoisotopic (exact) mass is 485 g/mol. The number of benzene rings is 2. The first kappa shape index (κ1) is 23.5. The van der Waals surface area contributed by atoms with Crippen LogP contribution in [0.4, 0.5) is 5.95 Å². The van der Waals surface area contributed by atoms with E-state index in [4.69, 9.17) is 13.9 Å². The number of anilines is 1. The molecule has 0 saturated carbocycles. The molecule has 0 fully saturated rings. The maximum atomic E-state index is 13.9. The summed E-state index contributed by atoms with van der Waals surface area (Å²) in [5.74, 6) is 0.807. The van der Waals surface area contributed by atoms with Gasteiger partial charge in [-0.05, 0) is 67.3 Å². The van der Waals surface area contributed by atoms with Crippen LogP contribution in [0.1, 0.15) is 58.6 Å². The molecule has 0 saturated heterocycles. The third-order valence-electron chi connectivity index (χ3n) is 6.51. The summed E-state index contributed by atoms with van der Waals surface area (Å²) in [6.45, 7) is 6.54. The number of amides is 1. The van der Waals surface area contributed by atoms with Gasteiger partial charge in [-0.1, -0.05) is 19.4 Å². The number of hydrogen-bond acceptors (Lipinski definition) is 7. The largest absolute Gasteiger partial charge is 0.493 e. The van der Waals surface area contributed by atoms with Crippen LogP contribution in [0.25, 0.3) is 11.0 Å². The molecule has 8 nitrogen and oxygen atoms in total. The maximum absolute atomic E-state index is 13.9. The molecule has 5 rings (SSSR count). The molecular weight excluding hydrogens is 458 g/mol. The molecule has 2 aromatic heterocycles. The fourth-order valence-electron chi connectivity index (χ4n) is 4.47. The van der Waals surface area contributed by atoms with E-state index in [-0.39, 0.29) is 22.7 Å². The summed E-state index contributed by atoms with van der Waals surface area (Å²) >= 11 is 0. The fourth-order valence-corrected chi connectivity index (χ4v) is 4.47. The molecule has 2 aromatic carbocycles. The van der Waals surface area contributed by atoms with E-state index in [1.807, 2.05) is 26.0 Å². The number of fused-ring (bicyclic) bond motifs is 2. The highest BCUT2D eigenvalue weighted by atomic mass is 16.5. The van der Waals surface area contributed by atoms with Crippen LogP contribution >= 0.6 is 0 Å². The van der Waals surface area contributed by atoms with E-state index in [9.17, 15) is 9.59 Å². The molecule has 0 radical (unpaired) electrons. The third-order valence-corrected chi connectivity index (χ3v) is 6.51. The van der Waals surface area contributed by atoms with Crippen LogP contribution in [-0.2, 0) is 0 Å². The molecule has 0 aliphatic carbocycles. The zero-order valence-corrected chi connectivity index (χ0v) is 20.7. The molecule has 1 atom stereocenters. The standard InChI is InChI=1S/C28H27N3O5/c1-5-6-12-35-20-9-8-18(15-22(20)34-4)24-23-25(32)19-13-16(2)17(3)14-21(19)36-26(23)27(33)31(24)28-29-10-7-11-30-28/h7-11,13-15,24H,5-6,12H2,1-4H3. The number of aryl methyl sites for hydroxylation is 2. The van der Waals surface area contributed by atoms with Crippen LogP contribution in [0.5, 0.6) is 11.5 Å². The minimum Gasteiger partial charge on any atom is -0.493 e. The Morgan fingerprint density at radius 2 is 1.78 bits per heavy atom. The molecular formula is C28H27N3O5. The highest BCUT2D eigenvalue weighted by Crippen LogP contribution is 2.42. The van der Waals surface area contributed by atoms with Crippen molar-refractivity contribution in [1.82, 2.24) is 9.97 Å². The zero-order chi connectivity index (χ0) is 25.4. The molecule has 1 amide bonds. The first-order valence-corrected chi connectivity index (χ1v) is 11.9. The molecule has 3 heterocycles. The second kappa shape index (κ2) is 9.45. The predicted octanol–water partition coefficient (Wildman–Crippen LogP) is 5.14. The Hall–Kier alpha value is -4.20. The highest BCUT2D eigenvalue weighted by Gasteiger charge is 2.45. The summed E-state index contributed by atoms with van der Waals surface area (Å²) in [5.41, 5.74) is 2.97. The van der Waals surface area contributed by atoms with Gasteiger partial charge in [-0.25, -0.2) is 9.97 Å². The van der Waals surface area contributed by atoms with Gasteiger partial charge in [0.05, 0.1) is 30.7 Å². The summed E-state index contributed by atoms with van der Waals surface area (Å²) in [4.78, 5) is 37.5. The van der Waals surface area contributed by atoms with Crippen LogP contribution in [-0.4, -0.2) is 29.6 Å². The summed E-state index contributed by atoms with van der Waals surface area (Å²) < 4.78 is 17.6. The summed E-state index contributed by atoms with van der Waals surface area (Å²) in [6, 6.07) is 9.89. The smallest absolute Gasteiger partial charge is 0.297 e. The van der Waals surface area contributed by atoms with Gasteiger partial charge in [0.15, 0.2) is 16.9 Å². The average molecular weight is 486 g/mol. The number of carbonyl (C=O) groups excluding carboxylic acids is 1. The lowest BCUT2D eigenvalue weighted by atomic mass is 9.97. The number of hydrogen-bond donors (Lipinski definition) is 0. The van der Waals surface area contributed by atoms with Crippen molar-refractivity contribution in [3.05, 3.63) is 87.0 Å². The van der Waals surface area contributed by atoms with Crippen molar-refractivity contribution in [2.75, 3.05) is 18.6 Å². The van der Waals surface area contributed by atoms with Crippen molar-refractivity contribution < 1.29 is 18.7 Å². The first-order valence-electron chi connectivity index (χ1n) is 11.9. The number of nitrogens with zero attached hydrogens (tertiary/aromatic N) is 3. The Morgan fingerprint density at radius 1 is 1.03 bits per heavy atom. The highest BCUT2D eigenvalue weighted by molar-refractivity contribution is 6.09. The third kappa shape index (κ3) is 3.88. The van der Waals surface area contributed by atoms with E-state index in [2.05, 4.69) is 16.9 Å². The molecule has 1 aliphatic heterocycles. The number of methoxy groups -OCH3 is 1. The number of unbranched alkanes of at least 4 members (excludes halogenated alkanes) is 1. The van der Waals surface area contributed by atoms with E-state index in [0.29, 0.717) is 34.6 Å². The van der Waals surface area contributed by atoms with Crippen LogP contribution in [0.15, 0.2) is 58.0 Å². The first-order chi connectivity index (χ1) is 17.4. The van der Waals surface area contributed by atoms with E-state index < -0.39 is 11.9 Å². The Kier molecular flexibility index (Phi) is 6.18. The van der Waals surface area contributed by atoms with Crippen LogP contribution in [0, 0.1) is 13.8 Å². The quantitative estimate of drug-likeness (QED) is 0.335. The van der Waals surface area contributed by atoms with Gasteiger partial charge in [-0.15, -0.1) is 0 Å². The number of rotatable bonds is 7. The van der Waals surface area contributed by atoms with E-state index in [1.165, 1.54) is 4.90 Å². The van der Waals surface area contributed by atoms with E-state index in [0.717, 1.165) is 24.0 Å². The van der Waals surface area contributed by atoms with Gasteiger partial charge in [0.1, 0.15) is 5.58 Å². The van der Waals surface area contributed by atoms with Gasteiger partial charge in [-0.2, -0.15) is 0 Å². The van der Waals surface area contributed by atoms with Crippen LogP contribution in [0.3, 0.4) is 0 Å². The molecule has 0 spiro atoms. The molecule has 0 bridgehead atoms. The van der Waals surface area contributed by atoms with Crippen molar-refractivity contribution in [1.29, 1.82) is 0 Å². The molecule has 1 unspecified atom stereocenters. The molecule has 184 valence electrons. The lowest BCUT2D eigenvalue weighted by molar-refractivity contribution is 0.0969. The van der Waals surface area contributed by atoms with Crippen LogP contribution < -0.4 is 19.8 Å². The summed E-state index contributed by atoms with van der Waals surface area (Å²) in [6.07, 6.45) is 5.04. The predicted molar refractivity (Wildman–Crippen MR) is 136 cm³/mol. The van der Waals surface area contributed by atoms with Gasteiger partial charge < -0.3 is 13.9 Å². The number of carbonyl (C=O) groups is 1. The van der Waals surface area contributed by atoms with Crippen molar-refractivity contribution in [3.8, 4) is 11.5 Å². The van der Waals surface area contributed by atoms with Gasteiger partial charge in [0.2, 0.25) is 11.7 Å². The van der Waals surface area contributed by atoms with Gasteiger partial charge in [0.25, 0.3) is 5.91 Å². The minimum absolute atomic E-state index is 0.00422. The Labute approximate surface area is 208 Å². The number of aromatic nitrogens is 2. The molecule has 8 heteroatoms. The Morgan fingerprint density at radius 3 is 2.50 bits per heavy atom. The van der Waals surface area contributed by atoms with Gasteiger partial charge >= 0.3 is 0 Å². The topological polar surface area (TPSA) is 94.8 Å².